The first kappa shape index (κ1) is 14.2. The quantitative estimate of drug-likeness (QED) is 0.620. The largest absolute Gasteiger partial charge is 0.410 e. The minimum Gasteiger partial charge on any atom is -0.393 e. The van der Waals surface area contributed by atoms with Crippen LogP contribution >= 0.6 is 23.2 Å². The highest BCUT2D eigenvalue weighted by molar-refractivity contribution is 6.61. The summed E-state index contributed by atoms with van der Waals surface area (Å²) in [7, 11) is 0. The summed E-state index contributed by atoms with van der Waals surface area (Å²) in [5.41, 5.74) is -4.68. The summed E-state index contributed by atoms with van der Waals surface area (Å²) in [5.74, 6) is -0.873. The Labute approximate surface area is 128 Å². The molecule has 3 rings (SSSR count). The van der Waals surface area contributed by atoms with Gasteiger partial charge in [0.05, 0.1) is 0 Å². The molecule has 0 aliphatic carbocycles. The highest BCUT2D eigenvalue weighted by Crippen LogP contribution is 2.18. The predicted molar refractivity (Wildman–Crippen MR) is 71.4 cm³/mol. The number of imidazole rings is 2. The molecule has 0 spiro atoms. The van der Waals surface area contributed by atoms with Gasteiger partial charge in [0.2, 0.25) is 0 Å². The molecule has 0 saturated carbocycles. The summed E-state index contributed by atoms with van der Waals surface area (Å²) in [6.45, 7) is 0. The van der Waals surface area contributed by atoms with E-state index in [4.69, 9.17) is 23.2 Å². The number of halogens is 2. The fourth-order valence-electron chi connectivity index (χ4n) is 1.89. The van der Waals surface area contributed by atoms with E-state index < -0.39 is 33.7 Å². The first-order valence-corrected chi connectivity index (χ1v) is 6.14. The van der Waals surface area contributed by atoms with Gasteiger partial charge >= 0.3 is 10.9 Å². The normalized spacial score (nSPS) is 11.0. The first-order valence-electron chi connectivity index (χ1n) is 5.39. The zero-order valence-corrected chi connectivity index (χ0v) is 11.7. The minimum atomic E-state index is -1.23. The fourth-order valence-corrected chi connectivity index (χ4v) is 2.04. The molecule has 3 heterocycles. The Morgan fingerprint density at radius 2 is 1.23 bits per heavy atom. The van der Waals surface area contributed by atoms with Crippen LogP contribution in [0.1, 0.15) is 0 Å². The molecule has 10 nitrogen and oxygen atoms in total. The van der Waals surface area contributed by atoms with E-state index in [0.717, 1.165) is 21.5 Å². The number of carbonyl (C=O) groups excluding carboxylic acids is 2. The van der Waals surface area contributed by atoms with Crippen molar-refractivity contribution in [2.75, 3.05) is 0 Å². The van der Waals surface area contributed by atoms with E-state index in [0.29, 0.717) is 0 Å². The van der Waals surface area contributed by atoms with E-state index in [-0.39, 0.29) is 11.0 Å². The van der Waals surface area contributed by atoms with E-state index in [1.807, 2.05) is 0 Å². The third kappa shape index (κ3) is 2.05. The maximum absolute atomic E-state index is 12.3. The molecule has 0 unspecified atom stereocenters. The molecule has 0 aliphatic rings. The number of aromatic nitrogens is 4. The molecular formula is C10H2Cl2N4O6. The van der Waals surface area contributed by atoms with Crippen molar-refractivity contribution >= 4 is 45.1 Å². The monoisotopic (exact) mass is 344 g/mol. The highest BCUT2D eigenvalue weighted by Gasteiger charge is 2.22. The molecule has 22 heavy (non-hydrogen) atoms. The second-order valence-corrected chi connectivity index (χ2v) is 4.44. The lowest BCUT2D eigenvalue weighted by molar-refractivity contribution is 0.223. The predicted octanol–water partition coefficient (Wildman–Crippen LogP) is 0.615. The van der Waals surface area contributed by atoms with Crippen LogP contribution in [-0.2, 0) is 0 Å². The second-order valence-electron chi connectivity index (χ2n) is 3.83. The van der Waals surface area contributed by atoms with Crippen LogP contribution in [0.3, 0.4) is 0 Å². The lowest BCUT2D eigenvalue weighted by Gasteiger charge is -1.99. The molecule has 112 valence electrons. The summed E-state index contributed by atoms with van der Waals surface area (Å²) in [5, 5.41) is 0. The van der Waals surface area contributed by atoms with E-state index in [1.165, 1.54) is 0 Å². The average molecular weight is 345 g/mol. The van der Waals surface area contributed by atoms with Gasteiger partial charge in [0.15, 0.2) is 11.0 Å². The average Bonchev–Trinajstić information content (AvgIpc) is 3.00. The van der Waals surface area contributed by atoms with E-state index >= 15 is 0 Å². The summed E-state index contributed by atoms with van der Waals surface area (Å²) < 4.78 is 10.7. The Bertz CT molecular complexity index is 957. The number of carbonyl (C=O) groups is 2. The van der Waals surface area contributed by atoms with Crippen molar-refractivity contribution in [3.63, 3.8) is 0 Å². The van der Waals surface area contributed by atoms with Crippen LogP contribution in [0.5, 0.6) is 11.8 Å². The molecule has 3 aromatic rings. The summed E-state index contributed by atoms with van der Waals surface area (Å²) in [4.78, 5) is 53.4. The number of hydrogen-bond donors (Lipinski definition) is 0. The lowest BCUT2D eigenvalue weighted by Crippen LogP contribution is -2.25. The highest BCUT2D eigenvalue weighted by atomic mass is 35.5. The van der Waals surface area contributed by atoms with Gasteiger partial charge in [0, 0.05) is 23.2 Å². The number of hydrogen-bond acceptors (Lipinski definition) is 8. The van der Waals surface area contributed by atoms with Gasteiger partial charge in [-0.05, 0) is 0 Å². The van der Waals surface area contributed by atoms with Crippen LogP contribution in [-0.4, -0.2) is 29.6 Å². The van der Waals surface area contributed by atoms with Crippen molar-refractivity contribution in [3.8, 4) is 11.8 Å². The molecule has 0 atom stereocenters. The van der Waals surface area contributed by atoms with Gasteiger partial charge in [-0.15, -0.1) is 0 Å². The molecule has 12 heteroatoms. The number of fused-ring (bicyclic) bond motifs is 2. The van der Waals surface area contributed by atoms with Crippen molar-refractivity contribution in [2.45, 2.75) is 0 Å². The topological polar surface area (TPSA) is 121 Å². The minimum absolute atomic E-state index is 0.326. The van der Waals surface area contributed by atoms with Crippen molar-refractivity contribution < 1.29 is 19.1 Å². The van der Waals surface area contributed by atoms with Crippen LogP contribution in [0.15, 0.2) is 22.2 Å². The molecule has 0 fully saturated rings. The van der Waals surface area contributed by atoms with Crippen LogP contribution in [0.4, 0.5) is 9.59 Å². The van der Waals surface area contributed by atoms with Gasteiger partial charge < -0.3 is 9.47 Å². The lowest BCUT2D eigenvalue weighted by atomic mass is 10.4. The fraction of sp³-hybridized carbons (Fsp3) is 0. The smallest absolute Gasteiger partial charge is 0.393 e. The summed E-state index contributed by atoms with van der Waals surface area (Å²) in [6.07, 6.45) is 1.90. The van der Waals surface area contributed by atoms with Crippen LogP contribution in [0, 0.1) is 0 Å². The molecule has 0 N–H and O–H groups in total. The Kier molecular flexibility index (Phi) is 3.19. The third-order valence-electron chi connectivity index (χ3n) is 2.66. The molecule has 0 aliphatic heterocycles. The Hall–Kier alpha value is -2.72. The van der Waals surface area contributed by atoms with Crippen molar-refractivity contribution in [1.82, 2.24) is 18.8 Å². The zero-order valence-electron chi connectivity index (χ0n) is 10.1. The van der Waals surface area contributed by atoms with E-state index in [9.17, 15) is 19.2 Å². The standard InChI is InChI=1S/C10H2Cl2N4O6/c11-9(19)21-5-3-8(18)16-2-14-6(22-10(12)20)4(16)7(17)15(3)1-13-5/h1-2H. The molecular weight excluding hydrogens is 343 g/mol. The SMILES string of the molecule is O=C(Cl)Oc1ncn2c(=O)c3c(OC(=O)Cl)ncn3c(=O)c12. The maximum atomic E-state index is 12.3. The molecule has 0 radical (unpaired) electrons. The van der Waals surface area contributed by atoms with Gasteiger partial charge in [0.25, 0.3) is 22.9 Å². The molecule has 0 bridgehead atoms. The Morgan fingerprint density at radius 1 is 0.864 bits per heavy atom. The van der Waals surface area contributed by atoms with Crippen molar-refractivity contribution in [2.24, 2.45) is 0 Å². The second kappa shape index (κ2) is 4.93. The van der Waals surface area contributed by atoms with Gasteiger partial charge in [-0.25, -0.2) is 19.6 Å². The molecule has 0 saturated heterocycles. The Balaban J connectivity index is 2.39. The zero-order chi connectivity index (χ0) is 16.0. The van der Waals surface area contributed by atoms with Gasteiger partial charge in [-0.3, -0.25) is 18.4 Å². The van der Waals surface area contributed by atoms with Gasteiger partial charge in [0.1, 0.15) is 12.7 Å². The number of ether oxygens (including phenoxy) is 2. The molecule has 0 amide bonds. The van der Waals surface area contributed by atoms with Gasteiger partial charge in [-0.2, -0.15) is 0 Å². The molecule has 3 aromatic heterocycles. The van der Waals surface area contributed by atoms with Crippen molar-refractivity contribution in [3.05, 3.63) is 33.4 Å². The van der Waals surface area contributed by atoms with E-state index in [2.05, 4.69) is 19.4 Å². The number of nitrogens with zero attached hydrogens (tertiary/aromatic N) is 4. The third-order valence-corrected chi connectivity index (χ3v) is 2.82. The van der Waals surface area contributed by atoms with Crippen LogP contribution in [0.25, 0.3) is 11.0 Å². The van der Waals surface area contributed by atoms with Gasteiger partial charge in [-0.1, -0.05) is 0 Å². The summed E-state index contributed by atoms with van der Waals surface area (Å²) >= 11 is 10.1. The van der Waals surface area contributed by atoms with Crippen LogP contribution in [0.2, 0.25) is 0 Å². The summed E-state index contributed by atoms with van der Waals surface area (Å²) in [6, 6.07) is 0. The number of rotatable bonds is 2. The van der Waals surface area contributed by atoms with Crippen molar-refractivity contribution in [1.29, 1.82) is 0 Å². The maximum Gasteiger partial charge on any atom is 0.410 e. The molecule has 0 aromatic carbocycles. The van der Waals surface area contributed by atoms with Crippen LogP contribution < -0.4 is 20.6 Å². The van der Waals surface area contributed by atoms with E-state index in [1.54, 1.807) is 0 Å². The first-order chi connectivity index (χ1) is 10.4. The Morgan fingerprint density at radius 3 is 1.55 bits per heavy atom.